The molecule has 1 aromatic carbocycles. The number of nitrogens with one attached hydrogen (secondary N) is 1. The highest BCUT2D eigenvalue weighted by Gasteiger charge is 2.16. The molecule has 0 atom stereocenters. The third kappa shape index (κ3) is 4.94. The van der Waals surface area contributed by atoms with E-state index in [-0.39, 0.29) is 5.57 Å². The van der Waals surface area contributed by atoms with E-state index in [1.54, 1.807) is 4.68 Å². The average molecular weight is 357 g/mol. The molecule has 0 aliphatic heterocycles. The highest BCUT2D eigenvalue weighted by atomic mass is 35.5. The number of halogens is 1. The van der Waals surface area contributed by atoms with Crippen LogP contribution in [0.1, 0.15) is 30.7 Å². The number of carbonyl (C=O) groups excluding carboxylic acids is 1. The van der Waals surface area contributed by atoms with Crippen molar-refractivity contribution in [2.24, 2.45) is 5.92 Å². The highest BCUT2D eigenvalue weighted by Crippen LogP contribution is 2.23. The van der Waals surface area contributed by atoms with Crippen LogP contribution in [0.2, 0.25) is 5.15 Å². The summed E-state index contributed by atoms with van der Waals surface area (Å²) in [5.41, 5.74) is 2.26. The van der Waals surface area contributed by atoms with E-state index in [2.05, 4.69) is 24.3 Å². The Morgan fingerprint density at radius 1 is 1.40 bits per heavy atom. The van der Waals surface area contributed by atoms with Gasteiger partial charge >= 0.3 is 0 Å². The molecule has 2 aromatic rings. The van der Waals surface area contributed by atoms with Gasteiger partial charge in [-0.1, -0.05) is 55.8 Å². The molecule has 25 heavy (non-hydrogen) atoms. The SMILES string of the molecule is Cc1nn(CC(C)C)c(Cl)c1/C=C(\C#N)C(=O)NCc1ccccc1. The van der Waals surface area contributed by atoms with E-state index in [9.17, 15) is 10.1 Å². The first-order valence-electron chi connectivity index (χ1n) is 8.09. The number of hydrogen-bond acceptors (Lipinski definition) is 3. The van der Waals surface area contributed by atoms with Crippen molar-refractivity contribution in [3.63, 3.8) is 0 Å². The number of carbonyl (C=O) groups is 1. The zero-order valence-corrected chi connectivity index (χ0v) is 15.3. The molecule has 6 heteroatoms. The molecule has 0 saturated heterocycles. The van der Waals surface area contributed by atoms with Gasteiger partial charge in [0.15, 0.2) is 0 Å². The highest BCUT2D eigenvalue weighted by molar-refractivity contribution is 6.31. The van der Waals surface area contributed by atoms with Gasteiger partial charge in [0, 0.05) is 18.7 Å². The average Bonchev–Trinajstić information content (AvgIpc) is 2.84. The van der Waals surface area contributed by atoms with E-state index >= 15 is 0 Å². The van der Waals surface area contributed by atoms with Gasteiger partial charge in [0.25, 0.3) is 5.91 Å². The van der Waals surface area contributed by atoms with Crippen LogP contribution in [0.15, 0.2) is 35.9 Å². The van der Waals surface area contributed by atoms with E-state index < -0.39 is 5.91 Å². The van der Waals surface area contributed by atoms with Crippen molar-refractivity contribution in [3.8, 4) is 6.07 Å². The molecule has 5 nitrogen and oxygen atoms in total. The molecule has 2 rings (SSSR count). The topological polar surface area (TPSA) is 70.7 Å². The first-order chi connectivity index (χ1) is 11.9. The molecule has 0 saturated carbocycles. The molecular weight excluding hydrogens is 336 g/mol. The van der Waals surface area contributed by atoms with Gasteiger partial charge in [0.05, 0.1) is 5.69 Å². The first-order valence-corrected chi connectivity index (χ1v) is 8.47. The summed E-state index contributed by atoms with van der Waals surface area (Å²) in [7, 11) is 0. The van der Waals surface area contributed by atoms with Gasteiger partial charge < -0.3 is 5.32 Å². The Morgan fingerprint density at radius 2 is 2.08 bits per heavy atom. The van der Waals surface area contributed by atoms with Gasteiger partial charge in [-0.2, -0.15) is 10.4 Å². The van der Waals surface area contributed by atoms with Crippen LogP contribution in [0.3, 0.4) is 0 Å². The number of amides is 1. The second-order valence-electron chi connectivity index (χ2n) is 6.20. The van der Waals surface area contributed by atoms with Gasteiger partial charge in [0.1, 0.15) is 16.8 Å². The number of nitriles is 1. The number of rotatable bonds is 6. The summed E-state index contributed by atoms with van der Waals surface area (Å²) >= 11 is 6.37. The minimum Gasteiger partial charge on any atom is -0.347 e. The minimum absolute atomic E-state index is 0.00466. The van der Waals surface area contributed by atoms with E-state index in [0.29, 0.717) is 35.4 Å². The molecular formula is C19H21ClN4O. The minimum atomic E-state index is -0.432. The summed E-state index contributed by atoms with van der Waals surface area (Å²) in [6, 6.07) is 11.5. The van der Waals surface area contributed by atoms with Crippen LogP contribution in [-0.2, 0) is 17.9 Å². The summed E-state index contributed by atoms with van der Waals surface area (Å²) < 4.78 is 1.70. The van der Waals surface area contributed by atoms with Crippen molar-refractivity contribution in [1.29, 1.82) is 5.26 Å². The van der Waals surface area contributed by atoms with E-state index in [0.717, 1.165) is 5.56 Å². The fraction of sp³-hybridized carbons (Fsp3) is 0.316. The number of hydrogen-bond donors (Lipinski definition) is 1. The lowest BCUT2D eigenvalue weighted by molar-refractivity contribution is -0.117. The summed E-state index contributed by atoms with van der Waals surface area (Å²) in [6.45, 7) is 6.99. The summed E-state index contributed by atoms with van der Waals surface area (Å²) in [5.74, 6) is -0.0448. The van der Waals surface area contributed by atoms with Gasteiger partial charge in [-0.05, 0) is 24.5 Å². The van der Waals surface area contributed by atoms with Crippen molar-refractivity contribution in [2.75, 3.05) is 0 Å². The maximum absolute atomic E-state index is 12.3. The van der Waals surface area contributed by atoms with Crippen molar-refractivity contribution in [3.05, 3.63) is 57.9 Å². The van der Waals surface area contributed by atoms with Gasteiger partial charge in [-0.25, -0.2) is 0 Å². The van der Waals surface area contributed by atoms with Crippen LogP contribution in [0.25, 0.3) is 6.08 Å². The van der Waals surface area contributed by atoms with Crippen LogP contribution in [0.4, 0.5) is 0 Å². The summed E-state index contributed by atoms with van der Waals surface area (Å²) in [6.07, 6.45) is 1.50. The second kappa shape index (κ2) is 8.50. The van der Waals surface area contributed by atoms with Crippen LogP contribution in [-0.4, -0.2) is 15.7 Å². The Hall–Kier alpha value is -2.58. The number of benzene rings is 1. The smallest absolute Gasteiger partial charge is 0.262 e. The quantitative estimate of drug-likeness (QED) is 0.633. The molecule has 0 aliphatic carbocycles. The normalized spacial score (nSPS) is 11.4. The lowest BCUT2D eigenvalue weighted by atomic mass is 10.1. The van der Waals surface area contributed by atoms with Crippen LogP contribution in [0, 0.1) is 24.2 Å². The number of aryl methyl sites for hydroxylation is 1. The molecule has 0 radical (unpaired) electrons. The van der Waals surface area contributed by atoms with E-state index in [1.165, 1.54) is 6.08 Å². The fourth-order valence-electron chi connectivity index (χ4n) is 2.36. The molecule has 130 valence electrons. The van der Waals surface area contributed by atoms with Crippen LogP contribution in [0.5, 0.6) is 0 Å². The Morgan fingerprint density at radius 3 is 2.68 bits per heavy atom. The van der Waals surface area contributed by atoms with Crippen LogP contribution >= 0.6 is 11.6 Å². The van der Waals surface area contributed by atoms with E-state index in [1.807, 2.05) is 43.3 Å². The van der Waals surface area contributed by atoms with Crippen molar-refractivity contribution >= 4 is 23.6 Å². The molecule has 0 spiro atoms. The maximum atomic E-state index is 12.3. The Kier molecular flexibility index (Phi) is 6.37. The fourth-order valence-corrected chi connectivity index (χ4v) is 2.66. The zero-order valence-electron chi connectivity index (χ0n) is 14.6. The molecule has 1 aromatic heterocycles. The molecule has 0 unspecified atom stereocenters. The monoisotopic (exact) mass is 356 g/mol. The van der Waals surface area contributed by atoms with Crippen molar-refractivity contribution in [2.45, 2.75) is 33.9 Å². The molecule has 0 fully saturated rings. The maximum Gasteiger partial charge on any atom is 0.262 e. The Balaban J connectivity index is 2.18. The second-order valence-corrected chi connectivity index (χ2v) is 6.56. The lowest BCUT2D eigenvalue weighted by Gasteiger charge is -2.06. The number of nitrogens with zero attached hydrogens (tertiary/aromatic N) is 3. The molecule has 1 amide bonds. The first kappa shape index (κ1) is 18.8. The number of aromatic nitrogens is 2. The Labute approximate surface area is 152 Å². The third-order valence-corrected chi connectivity index (χ3v) is 4.00. The molecule has 1 N–H and O–H groups in total. The standard InChI is InChI=1S/C19H21ClN4O/c1-13(2)12-24-18(20)17(14(3)23-24)9-16(10-21)19(25)22-11-15-7-5-4-6-8-15/h4-9,13H,11-12H2,1-3H3,(H,22,25)/b16-9+. The molecule has 1 heterocycles. The Bertz CT molecular complexity index is 816. The van der Waals surface area contributed by atoms with Gasteiger partial charge in [-0.3, -0.25) is 9.48 Å². The van der Waals surface area contributed by atoms with Crippen molar-refractivity contribution < 1.29 is 4.79 Å². The summed E-state index contributed by atoms with van der Waals surface area (Å²) in [5, 5.41) is 16.9. The zero-order chi connectivity index (χ0) is 18.4. The third-order valence-electron chi connectivity index (χ3n) is 3.60. The largest absolute Gasteiger partial charge is 0.347 e. The lowest BCUT2D eigenvalue weighted by Crippen LogP contribution is -2.23. The van der Waals surface area contributed by atoms with E-state index in [4.69, 9.17) is 11.6 Å². The summed E-state index contributed by atoms with van der Waals surface area (Å²) in [4.78, 5) is 12.3. The predicted molar refractivity (Wildman–Crippen MR) is 98.7 cm³/mol. The van der Waals surface area contributed by atoms with Gasteiger partial charge in [0.2, 0.25) is 0 Å². The van der Waals surface area contributed by atoms with Crippen molar-refractivity contribution in [1.82, 2.24) is 15.1 Å². The predicted octanol–water partition coefficient (Wildman–Crippen LogP) is 3.72. The van der Waals surface area contributed by atoms with Crippen LogP contribution < -0.4 is 5.32 Å². The van der Waals surface area contributed by atoms with Gasteiger partial charge in [-0.15, -0.1) is 0 Å². The molecule has 0 aliphatic rings. The molecule has 0 bridgehead atoms.